The molecule has 0 spiro atoms. The van der Waals surface area contributed by atoms with E-state index in [1.165, 1.54) is 48.5 Å². The molecule has 0 radical (unpaired) electrons. The molecular weight excluding hydrogens is 531 g/mol. The Morgan fingerprint density at radius 2 is 1.72 bits per heavy atom. The standard InChI is InChI=1S/C24H24Cl2N2O7S/c1-24(2,3)35-22(30)14-34-20-9-6-18(26)11-15(20)10-16-12-27-21(29)13-28(23(16)31)36(32,33)19-7-4-17(25)5-8-19/h4-11H,12-14H2,1-3H3,(H,27,29). The predicted molar refractivity (Wildman–Crippen MR) is 134 cm³/mol. The van der Waals surface area contributed by atoms with Crippen molar-refractivity contribution in [3.05, 3.63) is 63.6 Å². The Bertz CT molecular complexity index is 1320. The number of benzene rings is 2. The van der Waals surface area contributed by atoms with Gasteiger partial charge in [-0.25, -0.2) is 17.5 Å². The molecule has 9 nitrogen and oxygen atoms in total. The molecule has 0 aromatic heterocycles. The van der Waals surface area contributed by atoms with E-state index >= 15 is 0 Å². The first-order chi connectivity index (χ1) is 16.8. The zero-order chi connectivity index (χ0) is 26.7. The Balaban J connectivity index is 1.95. The van der Waals surface area contributed by atoms with E-state index < -0.39 is 46.6 Å². The van der Waals surface area contributed by atoms with Gasteiger partial charge in [-0.15, -0.1) is 0 Å². The van der Waals surface area contributed by atoms with Crippen LogP contribution >= 0.6 is 23.2 Å². The molecule has 36 heavy (non-hydrogen) atoms. The molecule has 1 N–H and O–H groups in total. The topological polar surface area (TPSA) is 119 Å². The number of halogens is 2. The number of carbonyl (C=O) groups excluding carboxylic acids is 3. The second-order valence-electron chi connectivity index (χ2n) is 8.77. The van der Waals surface area contributed by atoms with E-state index in [9.17, 15) is 22.8 Å². The highest BCUT2D eigenvalue weighted by atomic mass is 35.5. The molecule has 1 aliphatic rings. The van der Waals surface area contributed by atoms with Crippen LogP contribution in [0.25, 0.3) is 6.08 Å². The summed E-state index contributed by atoms with van der Waals surface area (Å²) in [5.74, 6) is -1.96. The minimum atomic E-state index is -4.36. The molecule has 12 heteroatoms. The molecule has 0 atom stereocenters. The van der Waals surface area contributed by atoms with Crippen LogP contribution in [0.1, 0.15) is 26.3 Å². The van der Waals surface area contributed by atoms with E-state index in [1.54, 1.807) is 20.8 Å². The second-order valence-corrected chi connectivity index (χ2v) is 11.5. The monoisotopic (exact) mass is 554 g/mol. The van der Waals surface area contributed by atoms with Crippen molar-refractivity contribution in [1.29, 1.82) is 0 Å². The van der Waals surface area contributed by atoms with Crippen LogP contribution in [0.4, 0.5) is 0 Å². The molecule has 1 heterocycles. The van der Waals surface area contributed by atoms with Gasteiger partial charge < -0.3 is 14.8 Å². The minimum Gasteiger partial charge on any atom is -0.481 e. The van der Waals surface area contributed by atoms with E-state index in [2.05, 4.69) is 5.32 Å². The van der Waals surface area contributed by atoms with Crippen molar-refractivity contribution in [2.75, 3.05) is 19.7 Å². The lowest BCUT2D eigenvalue weighted by Gasteiger charge is -2.20. The van der Waals surface area contributed by atoms with Crippen LogP contribution in [0.15, 0.2) is 52.9 Å². The highest BCUT2D eigenvalue weighted by molar-refractivity contribution is 7.89. The molecule has 0 bridgehead atoms. The summed E-state index contributed by atoms with van der Waals surface area (Å²) in [6.07, 6.45) is 1.36. The first-order valence-electron chi connectivity index (χ1n) is 10.7. The van der Waals surface area contributed by atoms with Gasteiger partial charge in [-0.2, -0.15) is 0 Å². The van der Waals surface area contributed by atoms with Gasteiger partial charge in [-0.3, -0.25) is 9.59 Å². The van der Waals surface area contributed by atoms with Crippen molar-refractivity contribution in [2.24, 2.45) is 0 Å². The lowest BCUT2D eigenvalue weighted by atomic mass is 10.1. The van der Waals surface area contributed by atoms with Crippen molar-refractivity contribution >= 4 is 57.1 Å². The first-order valence-corrected chi connectivity index (χ1v) is 12.9. The fourth-order valence-electron chi connectivity index (χ4n) is 3.19. The molecule has 0 unspecified atom stereocenters. The number of rotatable bonds is 6. The van der Waals surface area contributed by atoms with Crippen molar-refractivity contribution in [3.8, 4) is 5.75 Å². The fraction of sp³-hybridized carbons (Fsp3) is 0.292. The number of hydrogen-bond donors (Lipinski definition) is 1. The van der Waals surface area contributed by atoms with E-state index in [4.69, 9.17) is 32.7 Å². The SMILES string of the molecule is CC(C)(C)OC(=O)COc1ccc(Cl)cc1C=C1CNC(=O)CN(S(=O)(=O)c2ccc(Cl)cc2)C1=O. The third kappa shape index (κ3) is 6.99. The van der Waals surface area contributed by atoms with Gasteiger partial charge in [0.2, 0.25) is 5.91 Å². The second kappa shape index (κ2) is 10.9. The van der Waals surface area contributed by atoms with Crippen molar-refractivity contribution in [3.63, 3.8) is 0 Å². The number of nitrogens with zero attached hydrogens (tertiary/aromatic N) is 1. The minimum absolute atomic E-state index is 0.0391. The number of amides is 2. The summed E-state index contributed by atoms with van der Waals surface area (Å²) in [6, 6.07) is 9.75. The molecule has 1 saturated heterocycles. The largest absolute Gasteiger partial charge is 0.481 e. The molecule has 2 aromatic rings. The van der Waals surface area contributed by atoms with Crippen LogP contribution in [0.2, 0.25) is 10.0 Å². The van der Waals surface area contributed by atoms with Crippen LogP contribution in [0.5, 0.6) is 5.75 Å². The Morgan fingerprint density at radius 3 is 2.36 bits per heavy atom. The van der Waals surface area contributed by atoms with Gasteiger partial charge in [0, 0.05) is 27.7 Å². The normalized spacial score (nSPS) is 15.9. The van der Waals surface area contributed by atoms with Crippen molar-refractivity contribution < 1.29 is 32.3 Å². The summed E-state index contributed by atoms with van der Waals surface area (Å²) in [4.78, 5) is 37.5. The highest BCUT2D eigenvalue weighted by Crippen LogP contribution is 2.28. The van der Waals surface area contributed by atoms with Crippen LogP contribution in [0.3, 0.4) is 0 Å². The predicted octanol–water partition coefficient (Wildman–Crippen LogP) is 3.44. The smallest absolute Gasteiger partial charge is 0.344 e. The Kier molecular flexibility index (Phi) is 8.33. The summed E-state index contributed by atoms with van der Waals surface area (Å²) >= 11 is 12.0. The fourth-order valence-corrected chi connectivity index (χ4v) is 4.85. The number of esters is 1. The van der Waals surface area contributed by atoms with Gasteiger partial charge in [0.05, 0.1) is 4.90 Å². The van der Waals surface area contributed by atoms with Crippen LogP contribution in [-0.4, -0.2) is 55.8 Å². The van der Waals surface area contributed by atoms with Gasteiger partial charge >= 0.3 is 5.97 Å². The Morgan fingerprint density at radius 1 is 1.08 bits per heavy atom. The summed E-state index contributed by atoms with van der Waals surface area (Å²) in [6.45, 7) is 3.83. The zero-order valence-corrected chi connectivity index (χ0v) is 22.0. The Labute approximate surface area is 219 Å². The molecule has 3 rings (SSSR count). The molecule has 2 aromatic carbocycles. The summed E-state index contributed by atoms with van der Waals surface area (Å²) < 4.78 is 37.7. The number of carbonyl (C=O) groups is 3. The summed E-state index contributed by atoms with van der Waals surface area (Å²) in [7, 11) is -4.36. The van der Waals surface area contributed by atoms with Crippen LogP contribution in [0, 0.1) is 0 Å². The molecule has 1 fully saturated rings. The molecule has 0 aliphatic carbocycles. The van der Waals surface area contributed by atoms with Gasteiger partial charge in [0.25, 0.3) is 15.9 Å². The highest BCUT2D eigenvalue weighted by Gasteiger charge is 2.35. The molecule has 2 amide bonds. The molecule has 0 saturated carbocycles. The molecule has 1 aliphatic heterocycles. The van der Waals surface area contributed by atoms with E-state index in [0.717, 1.165) is 0 Å². The Hall–Kier alpha value is -3.08. The third-order valence-electron chi connectivity index (χ3n) is 4.73. The molecule has 192 valence electrons. The third-order valence-corrected chi connectivity index (χ3v) is 6.96. The van der Waals surface area contributed by atoms with Gasteiger partial charge in [0.15, 0.2) is 6.61 Å². The van der Waals surface area contributed by atoms with E-state index in [1.807, 2.05) is 0 Å². The maximum atomic E-state index is 13.3. The quantitative estimate of drug-likeness (QED) is 0.429. The van der Waals surface area contributed by atoms with Crippen molar-refractivity contribution in [2.45, 2.75) is 31.3 Å². The zero-order valence-electron chi connectivity index (χ0n) is 19.7. The number of ether oxygens (including phenoxy) is 2. The van der Waals surface area contributed by atoms with Gasteiger partial charge in [0.1, 0.15) is 17.9 Å². The number of sulfonamides is 1. The lowest BCUT2D eigenvalue weighted by Crippen LogP contribution is -2.40. The van der Waals surface area contributed by atoms with E-state index in [-0.39, 0.29) is 22.8 Å². The van der Waals surface area contributed by atoms with Crippen molar-refractivity contribution in [1.82, 2.24) is 9.62 Å². The van der Waals surface area contributed by atoms with Crippen LogP contribution in [-0.2, 0) is 29.1 Å². The summed E-state index contributed by atoms with van der Waals surface area (Å²) in [5.41, 5.74) is -0.438. The first kappa shape index (κ1) is 27.5. The summed E-state index contributed by atoms with van der Waals surface area (Å²) in [5, 5.41) is 3.14. The average Bonchev–Trinajstić information content (AvgIpc) is 2.91. The lowest BCUT2D eigenvalue weighted by molar-refractivity contribution is -0.157. The maximum absolute atomic E-state index is 13.3. The average molecular weight is 555 g/mol. The number of nitrogens with one attached hydrogen (secondary N) is 1. The van der Waals surface area contributed by atoms with Gasteiger partial charge in [-0.05, 0) is 69.3 Å². The van der Waals surface area contributed by atoms with Gasteiger partial charge in [-0.1, -0.05) is 23.2 Å². The molecular formula is C24H24Cl2N2O7S. The maximum Gasteiger partial charge on any atom is 0.344 e. The number of hydrogen-bond acceptors (Lipinski definition) is 7. The van der Waals surface area contributed by atoms with Crippen LogP contribution < -0.4 is 10.1 Å². The van der Waals surface area contributed by atoms with E-state index in [0.29, 0.717) is 19.9 Å².